The highest BCUT2D eigenvalue weighted by molar-refractivity contribution is 5.92. The van der Waals surface area contributed by atoms with Gasteiger partial charge in [-0.2, -0.15) is 0 Å². The maximum absolute atomic E-state index is 12.4. The van der Waals surface area contributed by atoms with E-state index in [-0.39, 0.29) is 11.9 Å². The van der Waals surface area contributed by atoms with E-state index in [0.29, 0.717) is 5.69 Å². The Kier molecular flexibility index (Phi) is 3.60. The molecule has 1 aliphatic rings. The maximum atomic E-state index is 12.4. The Morgan fingerprint density at radius 3 is 2.92 bits per heavy atom. The fourth-order valence-electron chi connectivity index (χ4n) is 3.04. The molecular weight excluding hydrogens is 304 g/mol. The summed E-state index contributed by atoms with van der Waals surface area (Å²) in [4.78, 5) is 16.9. The van der Waals surface area contributed by atoms with Crippen molar-refractivity contribution < 1.29 is 4.79 Å². The van der Waals surface area contributed by atoms with Gasteiger partial charge in [0.15, 0.2) is 5.69 Å². The van der Waals surface area contributed by atoms with Gasteiger partial charge in [0.1, 0.15) is 5.82 Å². The van der Waals surface area contributed by atoms with Crippen molar-refractivity contribution in [3.8, 4) is 5.69 Å². The van der Waals surface area contributed by atoms with E-state index in [2.05, 4.69) is 25.2 Å². The summed E-state index contributed by atoms with van der Waals surface area (Å²) in [5.74, 6) is 0.899. The van der Waals surface area contributed by atoms with E-state index in [1.54, 1.807) is 10.9 Å². The number of carbonyl (C=O) groups excluding carboxylic acids is 1. The van der Waals surface area contributed by atoms with E-state index in [0.717, 1.165) is 36.6 Å². The number of rotatable bonds is 3. The molecule has 0 radical (unpaired) electrons. The van der Waals surface area contributed by atoms with Crippen molar-refractivity contribution >= 4 is 5.91 Å². The molecule has 0 saturated carbocycles. The number of amides is 1. The van der Waals surface area contributed by atoms with E-state index >= 15 is 0 Å². The summed E-state index contributed by atoms with van der Waals surface area (Å²) in [6, 6.07) is 9.69. The summed E-state index contributed by atoms with van der Waals surface area (Å²) < 4.78 is 3.72. The number of imidazole rings is 1. The molecule has 7 nitrogen and oxygen atoms in total. The van der Waals surface area contributed by atoms with Crippen molar-refractivity contribution in [3.05, 3.63) is 59.9 Å². The molecule has 7 heteroatoms. The van der Waals surface area contributed by atoms with E-state index < -0.39 is 0 Å². The number of aryl methyl sites for hydroxylation is 2. The number of hydrogen-bond donors (Lipinski definition) is 1. The lowest BCUT2D eigenvalue weighted by Crippen LogP contribution is -2.41. The van der Waals surface area contributed by atoms with Crippen LogP contribution in [-0.4, -0.2) is 36.5 Å². The first-order chi connectivity index (χ1) is 11.7. The van der Waals surface area contributed by atoms with Crippen molar-refractivity contribution in [3.63, 3.8) is 0 Å². The first-order valence-corrected chi connectivity index (χ1v) is 8.00. The van der Waals surface area contributed by atoms with Gasteiger partial charge in [0.25, 0.3) is 5.91 Å². The zero-order valence-electron chi connectivity index (χ0n) is 13.4. The third-order valence-electron chi connectivity index (χ3n) is 4.20. The number of benzene rings is 1. The number of nitrogens with zero attached hydrogens (tertiary/aromatic N) is 5. The van der Waals surface area contributed by atoms with Crippen molar-refractivity contribution in [1.29, 1.82) is 0 Å². The summed E-state index contributed by atoms with van der Waals surface area (Å²) in [7, 11) is 0. The normalized spacial score (nSPS) is 16.6. The lowest BCUT2D eigenvalue weighted by Gasteiger charge is -2.24. The molecule has 4 rings (SSSR count). The zero-order chi connectivity index (χ0) is 16.5. The van der Waals surface area contributed by atoms with Crippen molar-refractivity contribution in [1.82, 2.24) is 29.9 Å². The van der Waals surface area contributed by atoms with Crippen LogP contribution in [0.4, 0.5) is 0 Å². The minimum absolute atomic E-state index is 0.0838. The zero-order valence-corrected chi connectivity index (χ0v) is 13.4. The Morgan fingerprint density at radius 1 is 1.25 bits per heavy atom. The predicted molar refractivity (Wildman–Crippen MR) is 87.9 cm³/mol. The van der Waals surface area contributed by atoms with Crippen LogP contribution >= 0.6 is 0 Å². The molecule has 1 aromatic carbocycles. The number of para-hydroxylation sites is 1. The molecule has 0 saturated heterocycles. The van der Waals surface area contributed by atoms with Crippen molar-refractivity contribution in [2.75, 3.05) is 0 Å². The number of nitrogens with one attached hydrogen (secondary N) is 1. The Morgan fingerprint density at radius 2 is 2.08 bits per heavy atom. The number of fused-ring (bicyclic) bond motifs is 1. The molecule has 0 fully saturated rings. The summed E-state index contributed by atoms with van der Waals surface area (Å²) in [6.07, 6.45) is 5.43. The van der Waals surface area contributed by atoms with Gasteiger partial charge in [-0.1, -0.05) is 23.4 Å². The topological polar surface area (TPSA) is 77.6 Å². The van der Waals surface area contributed by atoms with Gasteiger partial charge in [0.2, 0.25) is 0 Å². The molecule has 2 aromatic heterocycles. The second kappa shape index (κ2) is 5.92. The van der Waals surface area contributed by atoms with Gasteiger partial charge in [-0.25, -0.2) is 9.67 Å². The molecule has 24 heavy (non-hydrogen) atoms. The highest BCUT2D eigenvalue weighted by atomic mass is 16.2. The van der Waals surface area contributed by atoms with Crippen LogP contribution in [0.5, 0.6) is 0 Å². The molecule has 0 bridgehead atoms. The minimum atomic E-state index is -0.192. The molecule has 1 amide bonds. The van der Waals surface area contributed by atoms with Gasteiger partial charge in [-0.3, -0.25) is 4.79 Å². The molecule has 1 atom stereocenters. The van der Waals surface area contributed by atoms with Crippen LogP contribution in [0.2, 0.25) is 0 Å². The highest BCUT2D eigenvalue weighted by Crippen LogP contribution is 2.15. The molecule has 122 valence electrons. The fourth-order valence-corrected chi connectivity index (χ4v) is 3.04. The number of aromatic nitrogens is 5. The average Bonchev–Trinajstić information content (AvgIpc) is 3.21. The Hall–Kier alpha value is -2.96. The fraction of sp³-hybridized carbons (Fsp3) is 0.294. The van der Waals surface area contributed by atoms with Crippen molar-refractivity contribution in [2.45, 2.75) is 32.4 Å². The van der Waals surface area contributed by atoms with Crippen LogP contribution in [0.1, 0.15) is 28.4 Å². The molecular formula is C17H18N6O. The smallest absolute Gasteiger partial charge is 0.273 e. The van der Waals surface area contributed by atoms with Crippen LogP contribution in [0, 0.1) is 6.92 Å². The number of carbonyl (C=O) groups is 1. The van der Waals surface area contributed by atoms with E-state index in [1.165, 1.54) is 0 Å². The lowest BCUT2D eigenvalue weighted by atomic mass is 10.1. The van der Waals surface area contributed by atoms with Gasteiger partial charge in [-0.15, -0.1) is 5.10 Å². The summed E-state index contributed by atoms with van der Waals surface area (Å²) in [6.45, 7) is 2.73. The molecule has 1 unspecified atom stereocenters. The second-order valence-corrected chi connectivity index (χ2v) is 6.04. The molecule has 0 aliphatic carbocycles. The molecule has 1 N–H and O–H groups in total. The Bertz CT molecular complexity index is 866. The Balaban J connectivity index is 1.45. The van der Waals surface area contributed by atoms with Crippen LogP contribution < -0.4 is 5.32 Å². The molecule has 0 spiro atoms. The third-order valence-corrected chi connectivity index (χ3v) is 4.20. The van der Waals surface area contributed by atoms with E-state index in [4.69, 9.17) is 0 Å². The average molecular weight is 322 g/mol. The minimum Gasteiger partial charge on any atom is -0.346 e. The standard InChI is InChI=1S/C17H18N6O/c1-12-9-22-10-13(7-8-16(22)18-12)19-17(24)15-11-23(21-20-15)14-5-3-2-4-6-14/h2-6,9,11,13H,7-8,10H2,1H3,(H,19,24). The maximum Gasteiger partial charge on any atom is 0.273 e. The van der Waals surface area contributed by atoms with Gasteiger partial charge in [0.05, 0.1) is 17.6 Å². The van der Waals surface area contributed by atoms with Gasteiger partial charge < -0.3 is 9.88 Å². The third kappa shape index (κ3) is 2.80. The van der Waals surface area contributed by atoms with Gasteiger partial charge >= 0.3 is 0 Å². The lowest BCUT2D eigenvalue weighted by molar-refractivity contribution is 0.0922. The number of hydrogen-bond acceptors (Lipinski definition) is 4. The monoisotopic (exact) mass is 322 g/mol. The van der Waals surface area contributed by atoms with Crippen LogP contribution in [0.25, 0.3) is 5.69 Å². The SMILES string of the molecule is Cc1cn2c(n1)CCC(NC(=O)c1cn(-c3ccccc3)nn1)C2. The Labute approximate surface area is 139 Å². The highest BCUT2D eigenvalue weighted by Gasteiger charge is 2.22. The quantitative estimate of drug-likeness (QED) is 0.793. The predicted octanol–water partition coefficient (Wildman–Crippen LogP) is 1.52. The summed E-state index contributed by atoms with van der Waals surface area (Å²) in [5.41, 5.74) is 2.22. The molecule has 3 heterocycles. The van der Waals surface area contributed by atoms with Gasteiger partial charge in [0, 0.05) is 25.2 Å². The van der Waals surface area contributed by atoms with Crippen LogP contribution in [-0.2, 0) is 13.0 Å². The molecule has 1 aliphatic heterocycles. The first-order valence-electron chi connectivity index (χ1n) is 8.00. The van der Waals surface area contributed by atoms with Crippen LogP contribution in [0.15, 0.2) is 42.7 Å². The summed E-state index contributed by atoms with van der Waals surface area (Å²) >= 11 is 0. The van der Waals surface area contributed by atoms with E-state index in [1.807, 2.05) is 43.5 Å². The van der Waals surface area contributed by atoms with Crippen molar-refractivity contribution in [2.24, 2.45) is 0 Å². The van der Waals surface area contributed by atoms with Crippen LogP contribution in [0.3, 0.4) is 0 Å². The van der Waals surface area contributed by atoms with E-state index in [9.17, 15) is 4.79 Å². The molecule has 3 aromatic rings. The first kappa shape index (κ1) is 14.6. The second-order valence-electron chi connectivity index (χ2n) is 6.04. The largest absolute Gasteiger partial charge is 0.346 e. The summed E-state index contributed by atoms with van der Waals surface area (Å²) in [5, 5.41) is 11.1. The van der Waals surface area contributed by atoms with Gasteiger partial charge in [-0.05, 0) is 25.5 Å².